The Morgan fingerprint density at radius 2 is 2.10 bits per heavy atom. The lowest BCUT2D eigenvalue weighted by Crippen LogP contribution is -1.91. The summed E-state index contributed by atoms with van der Waals surface area (Å²) in [5.41, 5.74) is 10.1. The van der Waals surface area contributed by atoms with Crippen LogP contribution in [0, 0.1) is 6.92 Å². The molecule has 20 heavy (non-hydrogen) atoms. The number of aryl methyl sites for hydroxylation is 1. The lowest BCUT2D eigenvalue weighted by atomic mass is 10.0. The molecule has 3 aromatic rings. The Morgan fingerprint density at radius 1 is 1.30 bits per heavy atom. The van der Waals surface area contributed by atoms with Crippen LogP contribution in [0.15, 0.2) is 30.3 Å². The van der Waals surface area contributed by atoms with Crippen molar-refractivity contribution >= 4 is 28.2 Å². The number of hydrogen-bond donors (Lipinski definition) is 2. The fraction of sp³-hybridized carbons (Fsp3) is 0.133. The normalized spacial score (nSPS) is 10.9. The molecule has 0 spiro atoms. The summed E-state index contributed by atoms with van der Waals surface area (Å²) in [6.45, 7) is 1.95. The van der Waals surface area contributed by atoms with E-state index in [9.17, 15) is 0 Å². The van der Waals surface area contributed by atoms with Gasteiger partial charge in [0.15, 0.2) is 0 Å². The van der Waals surface area contributed by atoms with E-state index in [1.54, 1.807) is 13.2 Å². The smallest absolute Gasteiger partial charge is 0.129 e. The van der Waals surface area contributed by atoms with Gasteiger partial charge in [-0.15, -0.1) is 0 Å². The summed E-state index contributed by atoms with van der Waals surface area (Å²) in [6, 6.07) is 9.51. The number of halogens is 1. The number of nitrogens with one attached hydrogen (secondary N) is 1. The number of methoxy groups -OCH3 is 1. The van der Waals surface area contributed by atoms with Crippen LogP contribution in [0.25, 0.3) is 22.2 Å². The first-order valence-electron chi connectivity index (χ1n) is 6.19. The summed E-state index contributed by atoms with van der Waals surface area (Å²) in [5, 5.41) is 8.99. The van der Waals surface area contributed by atoms with Gasteiger partial charge in [-0.1, -0.05) is 23.7 Å². The van der Waals surface area contributed by atoms with Crippen molar-refractivity contribution in [1.29, 1.82) is 0 Å². The summed E-state index contributed by atoms with van der Waals surface area (Å²) in [4.78, 5) is 0. The van der Waals surface area contributed by atoms with E-state index in [1.807, 2.05) is 31.2 Å². The largest absolute Gasteiger partial charge is 0.496 e. The van der Waals surface area contributed by atoms with Gasteiger partial charge in [-0.25, -0.2) is 0 Å². The van der Waals surface area contributed by atoms with E-state index in [-0.39, 0.29) is 0 Å². The molecule has 2 aromatic carbocycles. The molecule has 1 heterocycles. The van der Waals surface area contributed by atoms with Gasteiger partial charge in [0.25, 0.3) is 0 Å². The van der Waals surface area contributed by atoms with E-state index >= 15 is 0 Å². The Kier molecular flexibility index (Phi) is 3.03. The molecular weight excluding hydrogens is 274 g/mol. The number of aromatic amines is 1. The molecule has 0 aliphatic rings. The van der Waals surface area contributed by atoms with Crippen molar-refractivity contribution in [3.63, 3.8) is 0 Å². The molecule has 5 heteroatoms. The van der Waals surface area contributed by atoms with E-state index in [4.69, 9.17) is 22.1 Å². The summed E-state index contributed by atoms with van der Waals surface area (Å²) in [6.07, 6.45) is 0. The molecule has 4 nitrogen and oxygen atoms in total. The van der Waals surface area contributed by atoms with Crippen LogP contribution in [0.4, 0.5) is 5.69 Å². The van der Waals surface area contributed by atoms with Crippen LogP contribution in [0.2, 0.25) is 5.02 Å². The van der Waals surface area contributed by atoms with Gasteiger partial charge in [-0.3, -0.25) is 5.10 Å². The van der Waals surface area contributed by atoms with E-state index in [1.165, 1.54) is 0 Å². The molecule has 102 valence electrons. The number of para-hydroxylation sites is 1. The van der Waals surface area contributed by atoms with Crippen LogP contribution >= 0.6 is 11.6 Å². The highest BCUT2D eigenvalue weighted by Crippen LogP contribution is 2.37. The highest BCUT2D eigenvalue weighted by atomic mass is 35.5. The fourth-order valence-corrected chi connectivity index (χ4v) is 2.44. The molecular formula is C15H14ClN3O. The lowest BCUT2D eigenvalue weighted by molar-refractivity contribution is 0.416. The van der Waals surface area contributed by atoms with Crippen molar-refractivity contribution in [3.05, 3.63) is 40.9 Å². The number of fused-ring (bicyclic) bond motifs is 1. The standard InChI is InChI=1S/C15H14ClN3O/c1-8-6-10(13(20-2)7-11(8)16)14-9-4-3-5-12(17)15(9)19-18-14/h3-7H,17H2,1-2H3,(H,18,19). The van der Waals surface area contributed by atoms with Crippen LogP contribution in [0.5, 0.6) is 5.75 Å². The number of aromatic nitrogens is 2. The Labute approximate surface area is 121 Å². The molecule has 0 radical (unpaired) electrons. The number of hydrogen-bond acceptors (Lipinski definition) is 3. The number of ether oxygens (including phenoxy) is 1. The number of anilines is 1. The minimum absolute atomic E-state index is 0.671. The number of rotatable bonds is 2. The Morgan fingerprint density at radius 3 is 2.85 bits per heavy atom. The number of benzene rings is 2. The summed E-state index contributed by atoms with van der Waals surface area (Å²) in [7, 11) is 1.62. The van der Waals surface area contributed by atoms with E-state index < -0.39 is 0 Å². The lowest BCUT2D eigenvalue weighted by Gasteiger charge is -2.09. The third-order valence-electron chi connectivity index (χ3n) is 3.37. The quantitative estimate of drug-likeness (QED) is 0.705. The number of H-pyrrole nitrogens is 1. The van der Waals surface area contributed by atoms with E-state index in [2.05, 4.69) is 10.2 Å². The summed E-state index contributed by atoms with van der Waals surface area (Å²) >= 11 is 6.14. The highest BCUT2D eigenvalue weighted by molar-refractivity contribution is 6.31. The molecule has 0 aliphatic heterocycles. The summed E-state index contributed by atoms with van der Waals surface area (Å²) in [5.74, 6) is 0.691. The van der Waals surface area contributed by atoms with Gasteiger partial charge in [-0.2, -0.15) is 5.10 Å². The Bertz CT molecular complexity index is 795. The zero-order valence-corrected chi connectivity index (χ0v) is 12.0. The number of nitrogens with zero attached hydrogens (tertiary/aromatic N) is 1. The Hall–Kier alpha value is -2.20. The van der Waals surface area contributed by atoms with Crippen molar-refractivity contribution in [2.24, 2.45) is 0 Å². The van der Waals surface area contributed by atoms with Crippen molar-refractivity contribution in [2.75, 3.05) is 12.8 Å². The predicted octanol–water partition coefficient (Wildman–Crippen LogP) is 3.78. The number of nitrogens with two attached hydrogens (primary N) is 1. The minimum atomic E-state index is 0.671. The Balaban J connectivity index is 2.31. The van der Waals surface area contributed by atoms with Gasteiger partial charge in [0.1, 0.15) is 11.4 Å². The minimum Gasteiger partial charge on any atom is -0.496 e. The fourth-order valence-electron chi connectivity index (χ4n) is 2.29. The van der Waals surface area contributed by atoms with Crippen LogP contribution in [-0.4, -0.2) is 17.3 Å². The highest BCUT2D eigenvalue weighted by Gasteiger charge is 2.15. The molecule has 0 saturated heterocycles. The van der Waals surface area contributed by atoms with Gasteiger partial charge >= 0.3 is 0 Å². The molecule has 0 saturated carbocycles. The average molecular weight is 288 g/mol. The van der Waals surface area contributed by atoms with Crippen LogP contribution in [-0.2, 0) is 0 Å². The molecule has 0 atom stereocenters. The second-order valence-electron chi connectivity index (χ2n) is 4.64. The van der Waals surface area contributed by atoms with Crippen LogP contribution in [0.1, 0.15) is 5.56 Å². The monoisotopic (exact) mass is 287 g/mol. The van der Waals surface area contributed by atoms with E-state index in [0.29, 0.717) is 16.5 Å². The molecule has 0 amide bonds. The molecule has 0 unspecified atom stereocenters. The van der Waals surface area contributed by atoms with Gasteiger partial charge in [-0.05, 0) is 30.7 Å². The van der Waals surface area contributed by atoms with Crippen molar-refractivity contribution in [1.82, 2.24) is 10.2 Å². The molecule has 0 aliphatic carbocycles. The van der Waals surface area contributed by atoms with Crippen LogP contribution in [0.3, 0.4) is 0 Å². The second kappa shape index (κ2) is 4.72. The average Bonchev–Trinajstić information content (AvgIpc) is 2.86. The van der Waals surface area contributed by atoms with Gasteiger partial charge in [0.05, 0.1) is 18.3 Å². The van der Waals surface area contributed by atoms with Crippen molar-refractivity contribution in [3.8, 4) is 17.0 Å². The molecule has 3 rings (SSSR count). The molecule has 0 bridgehead atoms. The maximum Gasteiger partial charge on any atom is 0.129 e. The van der Waals surface area contributed by atoms with Crippen molar-refractivity contribution in [2.45, 2.75) is 6.92 Å². The first-order chi connectivity index (χ1) is 9.61. The third kappa shape index (κ3) is 1.89. The SMILES string of the molecule is COc1cc(Cl)c(C)cc1-c1n[nH]c2c(N)cccc12. The predicted molar refractivity (Wildman–Crippen MR) is 82.2 cm³/mol. The van der Waals surface area contributed by atoms with Crippen molar-refractivity contribution < 1.29 is 4.74 Å². The first-order valence-corrected chi connectivity index (χ1v) is 6.56. The third-order valence-corrected chi connectivity index (χ3v) is 3.77. The topological polar surface area (TPSA) is 63.9 Å². The zero-order chi connectivity index (χ0) is 14.3. The number of nitrogen functional groups attached to an aromatic ring is 1. The summed E-state index contributed by atoms with van der Waals surface area (Å²) < 4.78 is 5.41. The molecule has 3 N–H and O–H groups in total. The molecule has 0 fully saturated rings. The maximum atomic E-state index is 6.14. The van der Waals surface area contributed by atoms with E-state index in [0.717, 1.165) is 27.7 Å². The van der Waals surface area contributed by atoms with Gasteiger partial charge in [0, 0.05) is 16.0 Å². The first kappa shape index (κ1) is 12.8. The van der Waals surface area contributed by atoms with Gasteiger partial charge < -0.3 is 10.5 Å². The van der Waals surface area contributed by atoms with Gasteiger partial charge in [0.2, 0.25) is 0 Å². The molecule has 1 aromatic heterocycles. The second-order valence-corrected chi connectivity index (χ2v) is 5.05. The maximum absolute atomic E-state index is 6.14. The van der Waals surface area contributed by atoms with Crippen LogP contribution < -0.4 is 10.5 Å². The zero-order valence-electron chi connectivity index (χ0n) is 11.2.